The lowest BCUT2D eigenvalue weighted by Crippen LogP contribution is -2.21. The minimum Gasteiger partial charge on any atom is -0.396 e. The van der Waals surface area contributed by atoms with E-state index in [4.69, 9.17) is 10.9 Å². The number of aliphatic hydroxyl groups excluding tert-OH is 1. The number of hydrogen-bond donors (Lipinski definition) is 4. The van der Waals surface area contributed by atoms with Crippen molar-refractivity contribution in [2.45, 2.75) is 25.8 Å². The summed E-state index contributed by atoms with van der Waals surface area (Å²) in [6.45, 7) is 2.22. The van der Waals surface area contributed by atoms with Crippen LogP contribution in [0.5, 0.6) is 0 Å². The van der Waals surface area contributed by atoms with E-state index >= 15 is 0 Å². The van der Waals surface area contributed by atoms with Gasteiger partial charge in [-0.2, -0.15) is 4.98 Å². The molecule has 0 radical (unpaired) electrons. The largest absolute Gasteiger partial charge is 0.396 e. The number of aromatic nitrogens is 2. The Morgan fingerprint density at radius 2 is 2.40 bits per heavy atom. The Morgan fingerprint density at radius 3 is 3.00 bits per heavy atom. The van der Waals surface area contributed by atoms with Gasteiger partial charge < -0.3 is 10.4 Å². The molecule has 0 bridgehead atoms. The fourth-order valence-electron chi connectivity index (χ4n) is 1.25. The van der Waals surface area contributed by atoms with Gasteiger partial charge in [-0.05, 0) is 18.9 Å². The van der Waals surface area contributed by atoms with Gasteiger partial charge in [0.05, 0.1) is 0 Å². The van der Waals surface area contributed by atoms with Gasteiger partial charge >= 0.3 is 0 Å². The normalized spacial score (nSPS) is 12.2. The van der Waals surface area contributed by atoms with Crippen molar-refractivity contribution in [1.82, 2.24) is 9.97 Å². The lowest BCUT2D eigenvalue weighted by molar-refractivity contribution is 0.278. The van der Waals surface area contributed by atoms with Gasteiger partial charge in [0, 0.05) is 18.8 Å². The van der Waals surface area contributed by atoms with Crippen molar-refractivity contribution in [2.75, 3.05) is 17.3 Å². The third-order valence-corrected chi connectivity index (χ3v) is 2.11. The van der Waals surface area contributed by atoms with Crippen LogP contribution in [-0.4, -0.2) is 27.7 Å². The summed E-state index contributed by atoms with van der Waals surface area (Å²) < 4.78 is 0. The maximum absolute atomic E-state index is 8.84. The van der Waals surface area contributed by atoms with Crippen LogP contribution in [0.25, 0.3) is 0 Å². The summed E-state index contributed by atoms with van der Waals surface area (Å²) in [4.78, 5) is 8.02. The summed E-state index contributed by atoms with van der Waals surface area (Å²) in [6.07, 6.45) is 3.25. The van der Waals surface area contributed by atoms with Crippen LogP contribution in [0.15, 0.2) is 12.3 Å². The lowest BCUT2D eigenvalue weighted by atomic mass is 10.1. The Kier molecular flexibility index (Phi) is 4.79. The molecule has 0 aliphatic rings. The smallest absolute Gasteiger partial charge is 0.239 e. The second-order valence-electron chi connectivity index (χ2n) is 3.17. The van der Waals surface area contributed by atoms with Crippen LogP contribution in [0.3, 0.4) is 0 Å². The molecular formula is C9H17N5O. The number of nitrogens with zero attached hydrogens (tertiary/aromatic N) is 2. The predicted molar refractivity (Wildman–Crippen MR) is 59.2 cm³/mol. The average Bonchev–Trinajstić information content (AvgIpc) is 2.29. The molecule has 6 nitrogen and oxygen atoms in total. The Hall–Kier alpha value is -1.40. The minimum atomic E-state index is 0.165. The first-order chi connectivity index (χ1) is 7.30. The summed E-state index contributed by atoms with van der Waals surface area (Å²) >= 11 is 0. The molecule has 1 atom stereocenters. The van der Waals surface area contributed by atoms with Gasteiger partial charge in [0.15, 0.2) is 0 Å². The number of nitrogens with two attached hydrogens (primary N) is 1. The van der Waals surface area contributed by atoms with E-state index in [1.807, 2.05) is 0 Å². The SMILES string of the molecule is CCC(CCO)Nc1ccnc(NN)n1. The summed E-state index contributed by atoms with van der Waals surface area (Å²) in [6, 6.07) is 1.98. The van der Waals surface area contributed by atoms with E-state index in [9.17, 15) is 0 Å². The number of nitrogens with one attached hydrogen (secondary N) is 2. The van der Waals surface area contributed by atoms with E-state index < -0.39 is 0 Å². The molecule has 5 N–H and O–H groups in total. The van der Waals surface area contributed by atoms with Crippen molar-refractivity contribution in [3.05, 3.63) is 12.3 Å². The van der Waals surface area contributed by atoms with Crippen LogP contribution in [-0.2, 0) is 0 Å². The quantitative estimate of drug-likeness (QED) is 0.400. The Labute approximate surface area is 88.9 Å². The Bertz CT molecular complexity index is 294. The molecule has 1 rings (SSSR count). The average molecular weight is 211 g/mol. The third-order valence-electron chi connectivity index (χ3n) is 2.11. The van der Waals surface area contributed by atoms with E-state index in [1.165, 1.54) is 0 Å². The van der Waals surface area contributed by atoms with Gasteiger partial charge in [-0.1, -0.05) is 6.92 Å². The molecular weight excluding hydrogens is 194 g/mol. The van der Waals surface area contributed by atoms with Crippen LogP contribution in [0, 0.1) is 0 Å². The topological polar surface area (TPSA) is 96.1 Å². The molecule has 1 aromatic rings. The fraction of sp³-hybridized carbons (Fsp3) is 0.556. The van der Waals surface area contributed by atoms with E-state index in [0.717, 1.165) is 6.42 Å². The number of nitrogen functional groups attached to an aromatic ring is 1. The molecule has 0 saturated carbocycles. The highest BCUT2D eigenvalue weighted by Crippen LogP contribution is 2.09. The number of aliphatic hydroxyl groups is 1. The van der Waals surface area contributed by atoms with Gasteiger partial charge in [-0.15, -0.1) is 0 Å². The lowest BCUT2D eigenvalue weighted by Gasteiger charge is -2.16. The molecule has 0 fully saturated rings. The Morgan fingerprint density at radius 1 is 1.60 bits per heavy atom. The predicted octanol–water partition coefficient (Wildman–Crippen LogP) is 0.335. The molecule has 6 heteroatoms. The van der Waals surface area contributed by atoms with Gasteiger partial charge in [-0.3, -0.25) is 5.43 Å². The van der Waals surface area contributed by atoms with E-state index in [1.54, 1.807) is 12.3 Å². The molecule has 0 aromatic carbocycles. The first-order valence-corrected chi connectivity index (χ1v) is 4.97. The van der Waals surface area contributed by atoms with Crippen molar-refractivity contribution in [2.24, 2.45) is 5.84 Å². The Balaban J connectivity index is 2.61. The fourth-order valence-corrected chi connectivity index (χ4v) is 1.25. The minimum absolute atomic E-state index is 0.165. The van der Waals surface area contributed by atoms with E-state index in [0.29, 0.717) is 18.2 Å². The summed E-state index contributed by atoms with van der Waals surface area (Å²) in [5, 5.41) is 12.0. The van der Waals surface area contributed by atoms with Crippen LogP contribution < -0.4 is 16.6 Å². The third kappa shape index (κ3) is 3.69. The molecule has 15 heavy (non-hydrogen) atoms. The van der Waals surface area contributed by atoms with Gasteiger partial charge in [0.2, 0.25) is 5.95 Å². The molecule has 84 valence electrons. The number of hydrazine groups is 1. The molecule has 0 saturated heterocycles. The van der Waals surface area contributed by atoms with Crippen LogP contribution in [0.2, 0.25) is 0 Å². The summed E-state index contributed by atoms with van der Waals surface area (Å²) in [7, 11) is 0. The zero-order chi connectivity index (χ0) is 11.1. The zero-order valence-electron chi connectivity index (χ0n) is 8.77. The second-order valence-corrected chi connectivity index (χ2v) is 3.17. The van der Waals surface area contributed by atoms with Crippen molar-refractivity contribution in [1.29, 1.82) is 0 Å². The van der Waals surface area contributed by atoms with Crippen molar-refractivity contribution < 1.29 is 5.11 Å². The first kappa shape index (κ1) is 11.7. The molecule has 0 aliphatic carbocycles. The molecule has 0 aliphatic heterocycles. The molecule has 1 heterocycles. The number of hydrogen-bond acceptors (Lipinski definition) is 6. The standard InChI is InChI=1S/C9H17N5O/c1-2-7(4-6-15)12-8-3-5-11-9(13-8)14-10/h3,5,7,15H,2,4,6,10H2,1H3,(H2,11,12,13,14). The summed E-state index contributed by atoms with van der Waals surface area (Å²) in [5.41, 5.74) is 2.38. The zero-order valence-corrected chi connectivity index (χ0v) is 8.77. The van der Waals surface area contributed by atoms with Crippen molar-refractivity contribution in [3.63, 3.8) is 0 Å². The van der Waals surface area contributed by atoms with Gasteiger partial charge in [0.25, 0.3) is 0 Å². The van der Waals surface area contributed by atoms with Crippen LogP contribution in [0.4, 0.5) is 11.8 Å². The monoisotopic (exact) mass is 211 g/mol. The highest BCUT2D eigenvalue weighted by molar-refractivity contribution is 5.39. The molecule has 1 unspecified atom stereocenters. The van der Waals surface area contributed by atoms with E-state index in [-0.39, 0.29) is 12.6 Å². The highest BCUT2D eigenvalue weighted by atomic mass is 16.3. The number of rotatable bonds is 6. The molecule has 0 amide bonds. The van der Waals surface area contributed by atoms with Crippen LogP contribution >= 0.6 is 0 Å². The molecule has 1 aromatic heterocycles. The first-order valence-electron chi connectivity index (χ1n) is 4.97. The maximum Gasteiger partial charge on any atom is 0.239 e. The van der Waals surface area contributed by atoms with E-state index in [2.05, 4.69) is 27.6 Å². The second kappa shape index (κ2) is 6.15. The highest BCUT2D eigenvalue weighted by Gasteiger charge is 2.06. The van der Waals surface area contributed by atoms with Crippen molar-refractivity contribution >= 4 is 11.8 Å². The number of anilines is 2. The van der Waals surface area contributed by atoms with Gasteiger partial charge in [-0.25, -0.2) is 10.8 Å². The van der Waals surface area contributed by atoms with Gasteiger partial charge in [0.1, 0.15) is 5.82 Å². The van der Waals surface area contributed by atoms with Crippen molar-refractivity contribution in [3.8, 4) is 0 Å². The maximum atomic E-state index is 8.84. The summed E-state index contributed by atoms with van der Waals surface area (Å²) in [5.74, 6) is 6.28. The molecule has 0 spiro atoms. The van der Waals surface area contributed by atoms with Crippen LogP contribution in [0.1, 0.15) is 19.8 Å².